The van der Waals surface area contributed by atoms with Gasteiger partial charge in [-0.3, -0.25) is 0 Å². The van der Waals surface area contributed by atoms with Crippen LogP contribution < -0.4 is 0 Å². The molecular weight excluding hydrogens is 376 g/mol. The number of amides is 2. The Morgan fingerprint density at radius 1 is 1.21 bits per heavy atom. The maximum Gasteiger partial charge on any atom is 0.410 e. The summed E-state index contributed by atoms with van der Waals surface area (Å²) in [7, 11) is -1.28. The Morgan fingerprint density at radius 3 is 2.29 bits per heavy atom. The minimum atomic E-state index is -1.28. The molecule has 0 saturated carbocycles. The van der Waals surface area contributed by atoms with E-state index >= 15 is 0 Å². The van der Waals surface area contributed by atoms with Crippen molar-refractivity contribution >= 4 is 26.5 Å². The molecule has 0 aromatic rings. The van der Waals surface area contributed by atoms with E-state index in [0.29, 0.717) is 26.2 Å². The van der Waals surface area contributed by atoms with Gasteiger partial charge in [-0.1, -0.05) is 19.6 Å². The molecule has 8 heteroatoms. The van der Waals surface area contributed by atoms with Crippen molar-refractivity contribution in [2.24, 2.45) is 11.8 Å². The highest BCUT2D eigenvalue weighted by Crippen LogP contribution is 2.26. The molecule has 0 aromatic heterocycles. The maximum absolute atomic E-state index is 12.6. The summed E-state index contributed by atoms with van der Waals surface area (Å²) < 4.78 is 10.9. The van der Waals surface area contributed by atoms with Crippen LogP contribution in [0.4, 0.5) is 9.59 Å². The van der Waals surface area contributed by atoms with Crippen LogP contribution in [0.1, 0.15) is 34.6 Å². The van der Waals surface area contributed by atoms with Gasteiger partial charge >= 0.3 is 12.2 Å². The molecule has 0 bridgehead atoms. The third-order valence-electron chi connectivity index (χ3n) is 4.68. The van der Waals surface area contributed by atoms with Gasteiger partial charge in [-0.25, -0.2) is 9.59 Å². The lowest BCUT2D eigenvalue weighted by Gasteiger charge is -2.30. The molecule has 0 aliphatic carbocycles. The van der Waals surface area contributed by atoms with E-state index in [4.69, 9.17) is 9.47 Å². The second-order valence-electron chi connectivity index (χ2n) is 10.1. The summed E-state index contributed by atoms with van der Waals surface area (Å²) in [4.78, 5) is 39.7. The summed E-state index contributed by atoms with van der Waals surface area (Å²) >= 11 is 0. The molecule has 0 spiro atoms. The van der Waals surface area contributed by atoms with E-state index < -0.39 is 19.8 Å². The lowest BCUT2D eigenvalue weighted by atomic mass is 9.97. The van der Waals surface area contributed by atoms with E-state index in [1.807, 2.05) is 34.6 Å². The summed E-state index contributed by atoms with van der Waals surface area (Å²) in [5.74, 6) is -0.444. The number of likely N-dealkylation sites (tertiary alicyclic amines) is 1. The lowest BCUT2D eigenvalue weighted by molar-refractivity contribution is -0.111. The summed E-state index contributed by atoms with van der Waals surface area (Å²) in [6, 6.07) is 0.861. The van der Waals surface area contributed by atoms with Crippen LogP contribution in [-0.2, 0) is 14.3 Å². The number of carbonyl (C=O) groups excluding carboxylic acids is 3. The van der Waals surface area contributed by atoms with Crippen LogP contribution in [0.15, 0.2) is 0 Å². The highest BCUT2D eigenvalue weighted by atomic mass is 28.3. The van der Waals surface area contributed by atoms with Crippen LogP contribution in [0.3, 0.4) is 0 Å². The van der Waals surface area contributed by atoms with Crippen LogP contribution in [-0.4, -0.2) is 74.2 Å². The molecule has 2 amide bonds. The van der Waals surface area contributed by atoms with Gasteiger partial charge in [0.25, 0.3) is 0 Å². The number of carbonyl (C=O) groups is 3. The number of nitrogens with zero attached hydrogens (tertiary/aromatic N) is 2. The molecule has 1 aliphatic heterocycles. The normalized spacial score (nSPS) is 20.2. The molecule has 0 unspecified atom stereocenters. The van der Waals surface area contributed by atoms with Gasteiger partial charge in [0.2, 0.25) is 0 Å². The van der Waals surface area contributed by atoms with Gasteiger partial charge in [0.1, 0.15) is 11.9 Å². The highest BCUT2D eigenvalue weighted by molar-refractivity contribution is 6.76. The molecule has 0 radical (unpaired) electrons. The zero-order valence-electron chi connectivity index (χ0n) is 18.8. The Morgan fingerprint density at radius 2 is 1.82 bits per heavy atom. The zero-order chi connectivity index (χ0) is 21.7. The lowest BCUT2D eigenvalue weighted by Crippen LogP contribution is -2.43. The first-order valence-electron chi connectivity index (χ1n) is 10.1. The highest BCUT2D eigenvalue weighted by Gasteiger charge is 2.39. The molecule has 162 valence electrons. The SMILES string of the molecule is CC(C)N(C[C@@H]1CN(C(=O)OC(C)(C)C)C[C@H]1C=O)C(=O)OCC[Si](C)(C)C. The van der Waals surface area contributed by atoms with Gasteiger partial charge < -0.3 is 24.1 Å². The standard InChI is InChI=1S/C20H38N2O5Si/c1-15(2)22(19(25)26-9-10-28(6,7)8)13-16-11-21(12-17(16)14-23)18(24)27-20(3,4)5/h14-17H,9-13H2,1-8H3/t16-,17-/m0/s1. The van der Waals surface area contributed by atoms with Crippen molar-refractivity contribution in [2.45, 2.75) is 71.9 Å². The van der Waals surface area contributed by atoms with Crippen molar-refractivity contribution in [3.63, 3.8) is 0 Å². The molecule has 2 atom stereocenters. The zero-order valence-corrected chi connectivity index (χ0v) is 19.8. The van der Waals surface area contributed by atoms with E-state index in [-0.39, 0.29) is 24.0 Å². The summed E-state index contributed by atoms with van der Waals surface area (Å²) in [6.45, 7) is 17.5. The second-order valence-corrected chi connectivity index (χ2v) is 15.7. The predicted octanol–water partition coefficient (Wildman–Crippen LogP) is 3.85. The van der Waals surface area contributed by atoms with Gasteiger partial charge in [-0.05, 0) is 40.7 Å². The van der Waals surface area contributed by atoms with E-state index in [1.54, 1.807) is 9.80 Å². The van der Waals surface area contributed by atoms with Gasteiger partial charge in [-0.15, -0.1) is 0 Å². The molecule has 1 fully saturated rings. The molecule has 1 saturated heterocycles. The van der Waals surface area contributed by atoms with Crippen molar-refractivity contribution in [1.29, 1.82) is 0 Å². The molecule has 7 nitrogen and oxygen atoms in total. The fourth-order valence-corrected chi connectivity index (χ4v) is 3.71. The van der Waals surface area contributed by atoms with Crippen molar-refractivity contribution in [1.82, 2.24) is 9.80 Å². The third-order valence-corrected chi connectivity index (χ3v) is 6.39. The number of rotatable bonds is 7. The largest absolute Gasteiger partial charge is 0.450 e. The summed E-state index contributed by atoms with van der Waals surface area (Å²) in [6.07, 6.45) is 0.105. The van der Waals surface area contributed by atoms with Crippen molar-refractivity contribution in [3.05, 3.63) is 0 Å². The Kier molecular flexibility index (Phi) is 8.53. The first kappa shape index (κ1) is 24.5. The molecule has 1 heterocycles. The van der Waals surface area contributed by atoms with Gasteiger partial charge in [-0.2, -0.15) is 0 Å². The van der Waals surface area contributed by atoms with Crippen LogP contribution in [0.5, 0.6) is 0 Å². The summed E-state index contributed by atoms with van der Waals surface area (Å²) in [5, 5.41) is 0. The average molecular weight is 415 g/mol. The van der Waals surface area contributed by atoms with Crippen LogP contribution >= 0.6 is 0 Å². The molecular formula is C20H38N2O5Si. The summed E-state index contributed by atoms with van der Waals surface area (Å²) in [5.41, 5.74) is -0.587. The first-order valence-corrected chi connectivity index (χ1v) is 13.8. The van der Waals surface area contributed by atoms with Crippen molar-refractivity contribution in [2.75, 3.05) is 26.2 Å². The number of ether oxygens (including phenoxy) is 2. The van der Waals surface area contributed by atoms with Crippen molar-refractivity contribution in [3.8, 4) is 0 Å². The van der Waals surface area contributed by atoms with Crippen LogP contribution in [0.2, 0.25) is 25.7 Å². The van der Waals surface area contributed by atoms with Gasteiger partial charge in [0, 0.05) is 45.6 Å². The Bertz CT molecular complexity index is 554. The molecule has 28 heavy (non-hydrogen) atoms. The minimum absolute atomic E-state index is 0.0535. The first-order chi connectivity index (χ1) is 12.7. The quantitative estimate of drug-likeness (QED) is 0.467. The molecule has 1 rings (SSSR count). The van der Waals surface area contributed by atoms with Gasteiger partial charge in [0.05, 0.1) is 6.61 Å². The average Bonchev–Trinajstić information content (AvgIpc) is 2.92. The number of hydrogen-bond donors (Lipinski definition) is 0. The third kappa shape index (κ3) is 8.20. The van der Waals surface area contributed by atoms with E-state index in [2.05, 4.69) is 19.6 Å². The van der Waals surface area contributed by atoms with Gasteiger partial charge in [0.15, 0.2) is 0 Å². The number of hydrogen-bond acceptors (Lipinski definition) is 5. The Labute approximate surface area is 170 Å². The Balaban J connectivity index is 2.73. The topological polar surface area (TPSA) is 76.2 Å². The van der Waals surface area contributed by atoms with Crippen LogP contribution in [0, 0.1) is 11.8 Å². The fraction of sp³-hybridized carbons (Fsp3) is 0.850. The molecule has 0 aromatic carbocycles. The molecule has 0 N–H and O–H groups in total. The van der Waals surface area contributed by atoms with E-state index in [1.165, 1.54) is 0 Å². The fourth-order valence-electron chi connectivity index (χ4n) is 3.00. The second kappa shape index (κ2) is 9.76. The maximum atomic E-state index is 12.6. The van der Waals surface area contributed by atoms with E-state index in [0.717, 1.165) is 12.3 Å². The smallest absolute Gasteiger partial charge is 0.410 e. The predicted molar refractivity (Wildman–Crippen MR) is 112 cm³/mol. The monoisotopic (exact) mass is 414 g/mol. The van der Waals surface area contributed by atoms with Crippen LogP contribution in [0.25, 0.3) is 0 Å². The molecule has 1 aliphatic rings. The number of aldehydes is 1. The van der Waals surface area contributed by atoms with Crippen molar-refractivity contribution < 1.29 is 23.9 Å². The Hall–Kier alpha value is -1.57. The minimum Gasteiger partial charge on any atom is -0.450 e. The van der Waals surface area contributed by atoms with E-state index in [9.17, 15) is 14.4 Å².